The highest BCUT2D eigenvalue weighted by atomic mass is 16.5. The molecule has 4 fully saturated rings. The first kappa shape index (κ1) is 14.5. The fraction of sp³-hybridized carbons (Fsp3) is 0.600. The molecule has 1 aromatic heterocycles. The zero-order chi connectivity index (χ0) is 16.3. The molecule has 0 saturated heterocycles. The van der Waals surface area contributed by atoms with Gasteiger partial charge in [-0.25, -0.2) is 0 Å². The van der Waals surface area contributed by atoms with Gasteiger partial charge in [0, 0.05) is 17.7 Å². The quantitative estimate of drug-likeness (QED) is 0.851. The summed E-state index contributed by atoms with van der Waals surface area (Å²) in [6.07, 6.45) is 9.48. The lowest BCUT2D eigenvalue weighted by Gasteiger charge is -2.56. The van der Waals surface area contributed by atoms with E-state index in [0.29, 0.717) is 11.2 Å². The molecule has 0 aliphatic heterocycles. The Morgan fingerprint density at radius 3 is 2.46 bits per heavy atom. The molecule has 4 heteroatoms. The van der Waals surface area contributed by atoms with Crippen LogP contribution >= 0.6 is 0 Å². The smallest absolute Gasteiger partial charge is 0.227 e. The molecule has 1 heterocycles. The van der Waals surface area contributed by atoms with Crippen LogP contribution in [0.1, 0.15) is 50.0 Å². The van der Waals surface area contributed by atoms with Crippen molar-refractivity contribution in [2.24, 2.45) is 23.2 Å². The van der Waals surface area contributed by atoms with Crippen molar-refractivity contribution in [3.63, 3.8) is 0 Å². The first-order valence-corrected chi connectivity index (χ1v) is 9.28. The van der Waals surface area contributed by atoms with Gasteiger partial charge >= 0.3 is 0 Å². The van der Waals surface area contributed by atoms with Crippen molar-refractivity contribution in [3.8, 4) is 11.4 Å². The summed E-state index contributed by atoms with van der Waals surface area (Å²) in [7, 11) is 0. The molecule has 1 aromatic carbocycles. The number of hydrogen-bond acceptors (Lipinski definition) is 4. The van der Waals surface area contributed by atoms with E-state index in [2.05, 4.69) is 5.16 Å². The first-order chi connectivity index (χ1) is 11.6. The minimum atomic E-state index is 0.434. The molecule has 0 radical (unpaired) electrons. The average molecular weight is 323 g/mol. The van der Waals surface area contributed by atoms with Gasteiger partial charge in [-0.3, -0.25) is 0 Å². The monoisotopic (exact) mass is 323 g/mol. The van der Waals surface area contributed by atoms with Crippen LogP contribution < -0.4 is 5.73 Å². The molecule has 4 aliphatic rings. The molecule has 4 bridgehead atoms. The number of anilines is 1. The number of rotatable bonds is 3. The molecule has 2 N–H and O–H groups in total. The molecule has 126 valence electrons. The molecule has 2 aromatic rings. The standard InChI is InChI=1S/C20H25N3O/c1-12-16(3-2-4-17(12)21)19-22-18(24-23-19)11-20-8-13-5-14(9-20)7-15(6-13)10-20/h2-4,13-15H,5-11,21H2,1H3. The van der Waals surface area contributed by atoms with Gasteiger partial charge in [0.2, 0.25) is 11.7 Å². The first-order valence-electron chi connectivity index (χ1n) is 9.28. The van der Waals surface area contributed by atoms with Crippen LogP contribution in [0.4, 0.5) is 5.69 Å². The third kappa shape index (κ3) is 2.27. The van der Waals surface area contributed by atoms with Gasteiger partial charge in [0.1, 0.15) is 0 Å². The second-order valence-electron chi connectivity index (χ2n) is 8.63. The lowest BCUT2D eigenvalue weighted by atomic mass is 9.49. The molecular weight excluding hydrogens is 298 g/mol. The van der Waals surface area contributed by atoms with Crippen molar-refractivity contribution in [2.45, 2.75) is 51.9 Å². The largest absolute Gasteiger partial charge is 0.398 e. The van der Waals surface area contributed by atoms with Crippen molar-refractivity contribution >= 4 is 5.69 Å². The second kappa shape index (κ2) is 5.08. The number of benzene rings is 1. The number of nitrogens with two attached hydrogens (primary N) is 1. The van der Waals surface area contributed by atoms with Crippen LogP contribution in [0.25, 0.3) is 11.4 Å². The number of nitrogen functional groups attached to an aromatic ring is 1. The molecule has 0 unspecified atom stereocenters. The van der Waals surface area contributed by atoms with Crippen molar-refractivity contribution < 1.29 is 4.52 Å². The van der Waals surface area contributed by atoms with E-state index in [0.717, 1.165) is 46.9 Å². The van der Waals surface area contributed by atoms with Crippen LogP contribution in [-0.4, -0.2) is 10.1 Å². The minimum Gasteiger partial charge on any atom is -0.398 e. The summed E-state index contributed by atoms with van der Waals surface area (Å²) in [4.78, 5) is 4.73. The number of nitrogens with zero attached hydrogens (tertiary/aromatic N) is 2. The van der Waals surface area contributed by atoms with Gasteiger partial charge in [-0.05, 0) is 80.2 Å². The van der Waals surface area contributed by atoms with Crippen LogP contribution in [0.15, 0.2) is 22.7 Å². The van der Waals surface area contributed by atoms with E-state index < -0.39 is 0 Å². The fourth-order valence-corrected chi connectivity index (χ4v) is 6.16. The van der Waals surface area contributed by atoms with Crippen molar-refractivity contribution in [3.05, 3.63) is 29.7 Å². The van der Waals surface area contributed by atoms with E-state index in [1.165, 1.54) is 38.5 Å². The van der Waals surface area contributed by atoms with Crippen LogP contribution in [-0.2, 0) is 6.42 Å². The van der Waals surface area contributed by atoms with E-state index in [9.17, 15) is 0 Å². The lowest BCUT2D eigenvalue weighted by molar-refractivity contribution is -0.0556. The Balaban J connectivity index is 1.41. The molecule has 4 saturated carbocycles. The van der Waals surface area contributed by atoms with Crippen LogP contribution in [0, 0.1) is 30.1 Å². The fourth-order valence-electron chi connectivity index (χ4n) is 6.16. The van der Waals surface area contributed by atoms with Crippen LogP contribution in [0.5, 0.6) is 0 Å². The van der Waals surface area contributed by atoms with Gasteiger partial charge in [-0.2, -0.15) is 4.98 Å². The zero-order valence-corrected chi connectivity index (χ0v) is 14.3. The van der Waals surface area contributed by atoms with Crippen LogP contribution in [0.3, 0.4) is 0 Å². The summed E-state index contributed by atoms with van der Waals surface area (Å²) in [5, 5.41) is 4.24. The molecule has 4 aliphatic carbocycles. The number of aromatic nitrogens is 2. The maximum Gasteiger partial charge on any atom is 0.227 e. The van der Waals surface area contributed by atoms with Crippen molar-refractivity contribution in [2.75, 3.05) is 5.73 Å². The summed E-state index contributed by atoms with van der Waals surface area (Å²) in [5.41, 5.74) is 9.23. The minimum absolute atomic E-state index is 0.434. The predicted molar refractivity (Wildman–Crippen MR) is 93.2 cm³/mol. The Morgan fingerprint density at radius 2 is 1.79 bits per heavy atom. The second-order valence-corrected chi connectivity index (χ2v) is 8.63. The molecule has 0 amide bonds. The number of hydrogen-bond donors (Lipinski definition) is 1. The van der Waals surface area contributed by atoms with Gasteiger partial charge in [-0.1, -0.05) is 17.3 Å². The van der Waals surface area contributed by atoms with E-state index in [-0.39, 0.29) is 0 Å². The lowest BCUT2D eigenvalue weighted by Crippen LogP contribution is -2.47. The van der Waals surface area contributed by atoms with Gasteiger partial charge in [0.25, 0.3) is 0 Å². The topological polar surface area (TPSA) is 64.9 Å². The highest BCUT2D eigenvalue weighted by Gasteiger charge is 2.51. The zero-order valence-electron chi connectivity index (χ0n) is 14.3. The van der Waals surface area contributed by atoms with Crippen molar-refractivity contribution in [1.82, 2.24) is 10.1 Å². The average Bonchev–Trinajstić information content (AvgIpc) is 2.96. The Hall–Kier alpha value is -1.84. The molecule has 4 nitrogen and oxygen atoms in total. The SMILES string of the molecule is Cc1c(N)cccc1-c1noc(CC23CC4CC(CC(C4)C2)C3)n1. The highest BCUT2D eigenvalue weighted by Crippen LogP contribution is 2.60. The van der Waals surface area contributed by atoms with Gasteiger partial charge in [0.05, 0.1) is 0 Å². The molecule has 0 atom stereocenters. The van der Waals surface area contributed by atoms with Gasteiger partial charge in [0.15, 0.2) is 0 Å². The summed E-state index contributed by atoms with van der Waals surface area (Å²) >= 11 is 0. The molecule has 6 rings (SSSR count). The van der Waals surface area contributed by atoms with Gasteiger partial charge < -0.3 is 10.3 Å². The Morgan fingerprint density at radius 1 is 1.12 bits per heavy atom. The Kier molecular flexibility index (Phi) is 3.07. The Bertz CT molecular complexity index is 744. The molecular formula is C20H25N3O. The Labute approximate surface area is 142 Å². The van der Waals surface area contributed by atoms with Crippen molar-refractivity contribution in [1.29, 1.82) is 0 Å². The summed E-state index contributed by atoms with van der Waals surface area (Å²) in [6.45, 7) is 2.01. The van der Waals surface area contributed by atoms with Gasteiger partial charge in [-0.15, -0.1) is 0 Å². The summed E-state index contributed by atoms with van der Waals surface area (Å²) in [5.74, 6) is 4.35. The highest BCUT2D eigenvalue weighted by molar-refractivity contribution is 5.67. The predicted octanol–water partition coefficient (Wildman–Crippen LogP) is 4.39. The maximum absolute atomic E-state index is 6.01. The third-order valence-electron chi connectivity index (χ3n) is 6.78. The molecule has 0 spiro atoms. The van der Waals surface area contributed by atoms with Crippen LogP contribution in [0.2, 0.25) is 0 Å². The molecule has 24 heavy (non-hydrogen) atoms. The normalized spacial score (nSPS) is 34.0. The third-order valence-corrected chi connectivity index (χ3v) is 6.78. The van der Waals surface area contributed by atoms with E-state index in [1.807, 2.05) is 25.1 Å². The summed E-state index contributed by atoms with van der Waals surface area (Å²) in [6, 6.07) is 5.88. The van der Waals surface area contributed by atoms with E-state index in [4.69, 9.17) is 15.2 Å². The van der Waals surface area contributed by atoms with E-state index in [1.54, 1.807) is 0 Å². The summed E-state index contributed by atoms with van der Waals surface area (Å²) < 4.78 is 5.65. The maximum atomic E-state index is 6.01. The van der Waals surface area contributed by atoms with E-state index >= 15 is 0 Å².